The Morgan fingerprint density at radius 1 is 1.67 bits per heavy atom. The van der Waals surface area contributed by atoms with Crippen LogP contribution in [-0.4, -0.2) is 47.3 Å². The molecule has 0 aromatic carbocycles. The molecule has 112 valence electrons. The maximum atomic E-state index is 11.2. The number of hydrogen-bond donors (Lipinski definition) is 2. The summed E-state index contributed by atoms with van der Waals surface area (Å²) >= 11 is 0. The molecule has 2 N–H and O–H groups in total. The maximum absolute atomic E-state index is 11.2. The van der Waals surface area contributed by atoms with Gasteiger partial charge in [-0.15, -0.1) is 0 Å². The van der Waals surface area contributed by atoms with E-state index in [9.17, 15) is 15.2 Å². The summed E-state index contributed by atoms with van der Waals surface area (Å²) in [5.41, 5.74) is -0.0612. The van der Waals surface area contributed by atoms with Gasteiger partial charge in [0, 0.05) is 31.4 Å². The van der Waals surface area contributed by atoms with Crippen molar-refractivity contribution in [3.63, 3.8) is 0 Å². The van der Waals surface area contributed by atoms with Gasteiger partial charge in [0.15, 0.2) is 0 Å². The Morgan fingerprint density at radius 3 is 3.05 bits per heavy atom. The first kappa shape index (κ1) is 15.2. The molecule has 0 aliphatic carbocycles. The normalized spacial score (nSPS) is 17.4. The van der Waals surface area contributed by atoms with E-state index in [4.69, 9.17) is 5.26 Å². The lowest BCUT2D eigenvalue weighted by atomic mass is 10.2. The highest BCUT2D eigenvalue weighted by molar-refractivity contribution is 5.60. The average Bonchev–Trinajstić information content (AvgIpc) is 2.99. The molecule has 0 spiro atoms. The van der Waals surface area contributed by atoms with E-state index in [2.05, 4.69) is 10.3 Å². The SMILES string of the molecule is N#Cc1cnc(N(CCO)CC2CCCN2)c([N+](=O)[O-])c1. The van der Waals surface area contributed by atoms with Crippen LogP contribution in [0.4, 0.5) is 11.5 Å². The minimum atomic E-state index is -0.546. The summed E-state index contributed by atoms with van der Waals surface area (Å²) in [6.07, 6.45) is 3.38. The van der Waals surface area contributed by atoms with Crippen molar-refractivity contribution in [2.75, 3.05) is 31.1 Å². The lowest BCUT2D eigenvalue weighted by Gasteiger charge is -2.25. The van der Waals surface area contributed by atoms with E-state index >= 15 is 0 Å². The van der Waals surface area contributed by atoms with Gasteiger partial charge in [0.05, 0.1) is 17.1 Å². The molecule has 1 saturated heterocycles. The van der Waals surface area contributed by atoms with E-state index in [1.807, 2.05) is 6.07 Å². The van der Waals surface area contributed by atoms with E-state index in [1.165, 1.54) is 12.3 Å². The van der Waals surface area contributed by atoms with Crippen LogP contribution in [0, 0.1) is 21.4 Å². The summed E-state index contributed by atoms with van der Waals surface area (Å²) in [4.78, 5) is 16.4. The van der Waals surface area contributed by atoms with Crippen molar-refractivity contribution in [3.05, 3.63) is 27.9 Å². The molecule has 0 amide bonds. The standard InChI is InChI=1S/C13H17N5O3/c14-7-10-6-12(18(20)21)13(16-8-10)17(4-5-19)9-11-2-1-3-15-11/h6,8,11,15,19H,1-5,9H2. The number of pyridine rings is 1. The summed E-state index contributed by atoms with van der Waals surface area (Å²) in [5.74, 6) is 0.196. The summed E-state index contributed by atoms with van der Waals surface area (Å²) < 4.78 is 0. The van der Waals surface area contributed by atoms with Crippen molar-refractivity contribution in [3.8, 4) is 6.07 Å². The Bertz CT molecular complexity index is 551. The Hall–Kier alpha value is -2.24. The number of hydrogen-bond acceptors (Lipinski definition) is 7. The Balaban J connectivity index is 2.29. The van der Waals surface area contributed by atoms with E-state index in [-0.39, 0.29) is 36.3 Å². The predicted octanol–water partition coefficient (Wildman–Crippen LogP) is 0.412. The molecule has 1 atom stereocenters. The van der Waals surface area contributed by atoms with Gasteiger partial charge in [0.1, 0.15) is 6.07 Å². The van der Waals surface area contributed by atoms with Gasteiger partial charge in [-0.2, -0.15) is 5.26 Å². The average molecular weight is 291 g/mol. The van der Waals surface area contributed by atoms with Gasteiger partial charge >= 0.3 is 5.69 Å². The van der Waals surface area contributed by atoms with Gasteiger partial charge < -0.3 is 15.3 Å². The van der Waals surface area contributed by atoms with Gasteiger partial charge in [-0.1, -0.05) is 0 Å². The molecule has 2 rings (SSSR count). The quantitative estimate of drug-likeness (QED) is 0.576. The van der Waals surface area contributed by atoms with Crippen LogP contribution >= 0.6 is 0 Å². The fourth-order valence-corrected chi connectivity index (χ4v) is 2.47. The molecule has 0 radical (unpaired) electrons. The van der Waals surface area contributed by atoms with Crippen molar-refractivity contribution in [2.24, 2.45) is 0 Å². The van der Waals surface area contributed by atoms with Gasteiger partial charge in [-0.25, -0.2) is 4.98 Å². The smallest absolute Gasteiger partial charge is 0.312 e. The number of nitro groups is 1. The number of aliphatic hydroxyl groups excluding tert-OH is 1. The summed E-state index contributed by atoms with van der Waals surface area (Å²) in [5, 5.41) is 32.5. The molecule has 1 aromatic rings. The highest BCUT2D eigenvalue weighted by Gasteiger charge is 2.25. The van der Waals surface area contributed by atoms with Crippen LogP contribution in [0.25, 0.3) is 0 Å². The van der Waals surface area contributed by atoms with E-state index in [1.54, 1.807) is 4.90 Å². The molecule has 1 aliphatic heterocycles. The third-order valence-electron chi connectivity index (χ3n) is 3.45. The Labute approximate surface area is 122 Å². The van der Waals surface area contributed by atoms with Gasteiger partial charge in [0.25, 0.3) is 0 Å². The molecular weight excluding hydrogens is 274 g/mol. The first-order valence-electron chi connectivity index (χ1n) is 6.79. The van der Waals surface area contributed by atoms with Crippen LogP contribution in [0.2, 0.25) is 0 Å². The summed E-state index contributed by atoms with van der Waals surface area (Å²) in [7, 11) is 0. The first-order valence-corrected chi connectivity index (χ1v) is 6.79. The molecule has 21 heavy (non-hydrogen) atoms. The van der Waals surface area contributed by atoms with E-state index < -0.39 is 4.92 Å². The fourth-order valence-electron chi connectivity index (χ4n) is 2.47. The minimum Gasteiger partial charge on any atom is -0.395 e. The van der Waals surface area contributed by atoms with Crippen LogP contribution in [0.15, 0.2) is 12.3 Å². The van der Waals surface area contributed by atoms with Crippen LogP contribution in [-0.2, 0) is 0 Å². The van der Waals surface area contributed by atoms with Gasteiger partial charge in [-0.3, -0.25) is 10.1 Å². The fraction of sp³-hybridized carbons (Fsp3) is 0.538. The van der Waals surface area contributed by atoms with Crippen molar-refractivity contribution >= 4 is 11.5 Å². The highest BCUT2D eigenvalue weighted by atomic mass is 16.6. The summed E-state index contributed by atoms with van der Waals surface area (Å²) in [6.45, 7) is 1.62. The second-order valence-corrected chi connectivity index (χ2v) is 4.90. The Morgan fingerprint density at radius 2 is 2.48 bits per heavy atom. The first-order chi connectivity index (χ1) is 10.2. The lowest BCUT2D eigenvalue weighted by Crippen LogP contribution is -2.39. The van der Waals surface area contributed by atoms with Crippen molar-refractivity contribution < 1.29 is 10.0 Å². The second kappa shape index (κ2) is 6.97. The van der Waals surface area contributed by atoms with E-state index in [0.29, 0.717) is 6.54 Å². The molecule has 2 heterocycles. The molecule has 1 unspecified atom stereocenters. The number of anilines is 1. The van der Waals surface area contributed by atoms with E-state index in [0.717, 1.165) is 19.4 Å². The topological polar surface area (TPSA) is 115 Å². The van der Waals surface area contributed by atoms with Crippen LogP contribution in [0.3, 0.4) is 0 Å². The maximum Gasteiger partial charge on any atom is 0.312 e. The van der Waals surface area contributed by atoms with Crippen molar-refractivity contribution in [2.45, 2.75) is 18.9 Å². The zero-order valence-corrected chi connectivity index (χ0v) is 11.5. The molecule has 1 aromatic heterocycles. The highest BCUT2D eigenvalue weighted by Crippen LogP contribution is 2.27. The van der Waals surface area contributed by atoms with Crippen LogP contribution in [0.5, 0.6) is 0 Å². The number of nitrogens with zero attached hydrogens (tertiary/aromatic N) is 4. The van der Waals surface area contributed by atoms with Gasteiger partial charge in [-0.05, 0) is 19.4 Å². The van der Waals surface area contributed by atoms with Crippen molar-refractivity contribution in [1.82, 2.24) is 10.3 Å². The second-order valence-electron chi connectivity index (χ2n) is 4.90. The molecule has 1 fully saturated rings. The zero-order chi connectivity index (χ0) is 15.2. The number of aliphatic hydroxyl groups is 1. The third kappa shape index (κ3) is 3.65. The zero-order valence-electron chi connectivity index (χ0n) is 11.5. The van der Waals surface area contributed by atoms with Crippen LogP contribution < -0.4 is 10.2 Å². The largest absolute Gasteiger partial charge is 0.395 e. The molecule has 8 heteroatoms. The van der Waals surface area contributed by atoms with Crippen LogP contribution in [0.1, 0.15) is 18.4 Å². The number of rotatable bonds is 6. The number of nitriles is 1. The molecule has 1 aliphatic rings. The number of aromatic nitrogens is 1. The minimum absolute atomic E-state index is 0.119. The molecule has 8 nitrogen and oxygen atoms in total. The molecule has 0 bridgehead atoms. The molecule has 0 saturated carbocycles. The molecular formula is C13H17N5O3. The summed E-state index contributed by atoms with van der Waals surface area (Å²) in [6, 6.07) is 3.29. The van der Waals surface area contributed by atoms with Crippen molar-refractivity contribution in [1.29, 1.82) is 5.26 Å². The predicted molar refractivity (Wildman–Crippen MR) is 75.9 cm³/mol. The number of nitrogens with one attached hydrogen (secondary N) is 1. The lowest BCUT2D eigenvalue weighted by molar-refractivity contribution is -0.384. The third-order valence-corrected chi connectivity index (χ3v) is 3.45. The van der Waals surface area contributed by atoms with Gasteiger partial charge in [0.2, 0.25) is 5.82 Å². The monoisotopic (exact) mass is 291 g/mol. The Kier molecular flexibility index (Phi) is 5.03.